The van der Waals surface area contributed by atoms with E-state index in [1.807, 2.05) is 66.7 Å². The third kappa shape index (κ3) is 3.95. The molecule has 47 heavy (non-hydrogen) atoms. The molecule has 0 spiro atoms. The van der Waals surface area contributed by atoms with E-state index < -0.39 is 0 Å². The van der Waals surface area contributed by atoms with Crippen molar-refractivity contribution in [2.24, 2.45) is 0 Å². The second kappa shape index (κ2) is 9.99. The third-order valence-electron chi connectivity index (χ3n) is 8.98. The number of benzene rings is 5. The maximum atomic E-state index is 6.35. The van der Waals surface area contributed by atoms with Gasteiger partial charge in [-0.15, -0.1) is 0 Å². The second-order valence-corrected chi connectivity index (χ2v) is 11.7. The molecule has 0 aliphatic carbocycles. The summed E-state index contributed by atoms with van der Waals surface area (Å²) in [4.78, 5) is 15.2. The molecule has 0 saturated carbocycles. The first-order valence-electron chi connectivity index (χ1n) is 15.6. The quantitative estimate of drug-likeness (QED) is 0.201. The number of hydrogen-bond donors (Lipinski definition) is 0. The Morgan fingerprint density at radius 3 is 2.00 bits per heavy atom. The molecule has 220 valence electrons. The molecule has 0 bridgehead atoms. The number of pyridine rings is 2. The van der Waals surface area contributed by atoms with E-state index in [-0.39, 0.29) is 0 Å². The number of nitrogens with zero attached hydrogens (tertiary/aromatic N) is 5. The van der Waals surface area contributed by atoms with Crippen LogP contribution in [0.5, 0.6) is 0 Å². The predicted molar refractivity (Wildman–Crippen MR) is 188 cm³/mol. The van der Waals surface area contributed by atoms with Gasteiger partial charge in [-0.25, -0.2) is 9.97 Å². The fraction of sp³-hybridized carbons (Fsp3) is 0. The second-order valence-electron chi connectivity index (χ2n) is 11.7. The summed E-state index contributed by atoms with van der Waals surface area (Å²) in [5.74, 6) is 0.555. The number of rotatable bonds is 4. The van der Waals surface area contributed by atoms with Gasteiger partial charge in [0.2, 0.25) is 0 Å². The van der Waals surface area contributed by atoms with Crippen LogP contribution in [0.1, 0.15) is 0 Å². The summed E-state index contributed by atoms with van der Waals surface area (Å²) in [6, 6.07) is 50.0. The molecule has 6 nitrogen and oxygen atoms in total. The first-order chi connectivity index (χ1) is 23.3. The van der Waals surface area contributed by atoms with Gasteiger partial charge in [0.15, 0.2) is 5.58 Å². The lowest BCUT2D eigenvalue weighted by Crippen LogP contribution is -1.92. The van der Waals surface area contributed by atoms with E-state index in [1.54, 1.807) is 0 Å². The van der Waals surface area contributed by atoms with E-state index in [2.05, 4.69) is 93.9 Å². The lowest BCUT2D eigenvalue weighted by Gasteiger charge is -2.09. The zero-order chi connectivity index (χ0) is 30.9. The van der Waals surface area contributed by atoms with Crippen molar-refractivity contribution >= 4 is 44.5 Å². The number of fused-ring (bicyclic) bond motifs is 8. The molecule has 0 N–H and O–H groups in total. The fourth-order valence-corrected chi connectivity index (χ4v) is 6.79. The van der Waals surface area contributed by atoms with Gasteiger partial charge in [-0.3, -0.25) is 8.80 Å². The van der Waals surface area contributed by atoms with Crippen LogP contribution in [0.4, 0.5) is 0 Å². The van der Waals surface area contributed by atoms with Crippen molar-refractivity contribution < 1.29 is 4.42 Å². The molecule has 5 aromatic heterocycles. The lowest BCUT2D eigenvalue weighted by molar-refractivity contribution is 0.643. The van der Waals surface area contributed by atoms with Gasteiger partial charge in [0, 0.05) is 28.3 Å². The highest BCUT2D eigenvalue weighted by Crippen LogP contribution is 2.38. The van der Waals surface area contributed by atoms with E-state index in [0.29, 0.717) is 5.84 Å². The average Bonchev–Trinajstić information content (AvgIpc) is 3.82. The molecule has 0 radical (unpaired) electrons. The van der Waals surface area contributed by atoms with Gasteiger partial charge in [-0.05, 0) is 41.5 Å². The SMILES string of the molecule is c1ccc(-c2nc3ccccn3c2-c2ccc(-c3ccc4oc5nc6c7ccccc7nc(-c7ccccc7)c6n5c4c3)cc2)cc1. The monoisotopic (exact) mass is 603 g/mol. The molecule has 0 atom stereocenters. The van der Waals surface area contributed by atoms with Crippen molar-refractivity contribution in [2.45, 2.75) is 0 Å². The number of imidazole rings is 2. The van der Waals surface area contributed by atoms with Crippen molar-refractivity contribution in [2.75, 3.05) is 0 Å². The van der Waals surface area contributed by atoms with Gasteiger partial charge >= 0.3 is 5.84 Å². The zero-order valence-corrected chi connectivity index (χ0v) is 25.1. The molecule has 0 aliphatic heterocycles. The summed E-state index contributed by atoms with van der Waals surface area (Å²) >= 11 is 0. The van der Waals surface area contributed by atoms with E-state index >= 15 is 0 Å². The van der Waals surface area contributed by atoms with Crippen LogP contribution in [-0.2, 0) is 0 Å². The molecular weight excluding hydrogens is 578 g/mol. The van der Waals surface area contributed by atoms with Crippen molar-refractivity contribution in [1.29, 1.82) is 0 Å². The number of hydrogen-bond acceptors (Lipinski definition) is 4. The van der Waals surface area contributed by atoms with Crippen molar-refractivity contribution in [1.82, 2.24) is 23.8 Å². The summed E-state index contributed by atoms with van der Waals surface area (Å²) in [6.45, 7) is 0. The van der Waals surface area contributed by atoms with Crippen LogP contribution in [0.2, 0.25) is 0 Å². The highest BCUT2D eigenvalue weighted by molar-refractivity contribution is 6.10. The Labute approximate surface area is 268 Å². The van der Waals surface area contributed by atoms with E-state index in [9.17, 15) is 0 Å². The summed E-state index contributed by atoms with van der Waals surface area (Å²) in [6.07, 6.45) is 2.08. The Bertz CT molecular complexity index is 2770. The summed E-state index contributed by atoms with van der Waals surface area (Å²) in [5, 5.41) is 1.00. The van der Waals surface area contributed by atoms with E-state index in [4.69, 9.17) is 19.4 Å². The lowest BCUT2D eigenvalue weighted by atomic mass is 10.00. The Morgan fingerprint density at radius 1 is 0.511 bits per heavy atom. The topological polar surface area (TPSA) is 60.6 Å². The Morgan fingerprint density at radius 2 is 1.19 bits per heavy atom. The Balaban J connectivity index is 1.15. The van der Waals surface area contributed by atoms with E-state index in [0.717, 1.165) is 83.6 Å². The predicted octanol–water partition coefficient (Wildman–Crippen LogP) is 10.1. The van der Waals surface area contributed by atoms with Gasteiger partial charge < -0.3 is 4.42 Å². The Hall–Kier alpha value is -6.53. The molecule has 0 unspecified atom stereocenters. The van der Waals surface area contributed by atoms with Crippen LogP contribution in [0, 0.1) is 0 Å². The van der Waals surface area contributed by atoms with Crippen molar-refractivity contribution in [3.8, 4) is 44.9 Å². The normalized spacial score (nSPS) is 11.8. The minimum Gasteiger partial charge on any atom is -0.423 e. The maximum Gasteiger partial charge on any atom is 0.307 e. The molecule has 0 saturated heterocycles. The van der Waals surface area contributed by atoms with Crippen molar-refractivity contribution in [3.05, 3.63) is 152 Å². The molecule has 0 amide bonds. The van der Waals surface area contributed by atoms with Gasteiger partial charge in [0.05, 0.1) is 28.1 Å². The highest BCUT2D eigenvalue weighted by Gasteiger charge is 2.21. The molecule has 10 rings (SSSR count). The van der Waals surface area contributed by atoms with Crippen LogP contribution >= 0.6 is 0 Å². The van der Waals surface area contributed by atoms with Crippen LogP contribution in [-0.4, -0.2) is 23.8 Å². The summed E-state index contributed by atoms with van der Waals surface area (Å²) in [7, 11) is 0. The molecule has 0 aliphatic rings. The standard InChI is InChI=1S/C41H25N5O/c1-3-11-27(12-4-1)36-39(45-24-10-9-17-35(45)43-36)29-20-18-26(19-21-29)30-22-23-34-33(25-30)46-40-37(28-13-5-2-6-14-28)42-32-16-8-7-15-31(32)38(40)44-41(46)47-34/h1-25H. The molecule has 0 fully saturated rings. The van der Waals surface area contributed by atoms with Crippen LogP contribution in [0.15, 0.2) is 156 Å². The zero-order valence-electron chi connectivity index (χ0n) is 25.1. The number of aromatic nitrogens is 5. The smallest absolute Gasteiger partial charge is 0.307 e. The largest absolute Gasteiger partial charge is 0.423 e. The molecule has 6 heteroatoms. The van der Waals surface area contributed by atoms with Crippen LogP contribution in [0.3, 0.4) is 0 Å². The van der Waals surface area contributed by atoms with Gasteiger partial charge in [0.1, 0.15) is 16.7 Å². The summed E-state index contributed by atoms with van der Waals surface area (Å²) in [5.41, 5.74) is 13.7. The number of oxazole rings is 1. The van der Waals surface area contributed by atoms with E-state index in [1.165, 1.54) is 0 Å². The van der Waals surface area contributed by atoms with Gasteiger partial charge in [-0.1, -0.05) is 115 Å². The van der Waals surface area contributed by atoms with Crippen molar-refractivity contribution in [3.63, 3.8) is 0 Å². The average molecular weight is 604 g/mol. The molecule has 10 aromatic rings. The maximum absolute atomic E-state index is 6.35. The molecular formula is C41H25N5O. The van der Waals surface area contributed by atoms with Gasteiger partial charge in [-0.2, -0.15) is 4.98 Å². The minimum atomic E-state index is 0.555. The Kier molecular flexibility index (Phi) is 5.48. The first kappa shape index (κ1) is 25.8. The van der Waals surface area contributed by atoms with Crippen LogP contribution < -0.4 is 0 Å². The van der Waals surface area contributed by atoms with Crippen LogP contribution in [0.25, 0.3) is 89.4 Å². The highest BCUT2D eigenvalue weighted by atomic mass is 16.4. The molecule has 5 heterocycles. The first-order valence-corrected chi connectivity index (χ1v) is 15.6. The fourth-order valence-electron chi connectivity index (χ4n) is 6.79. The minimum absolute atomic E-state index is 0.555. The molecule has 5 aromatic carbocycles. The third-order valence-corrected chi connectivity index (χ3v) is 8.98. The number of para-hydroxylation sites is 1. The van der Waals surface area contributed by atoms with Gasteiger partial charge in [0.25, 0.3) is 0 Å². The summed E-state index contributed by atoms with van der Waals surface area (Å²) < 4.78 is 10.6.